The van der Waals surface area contributed by atoms with Crippen LogP contribution in [0.5, 0.6) is 5.75 Å². The lowest BCUT2D eigenvalue weighted by Crippen LogP contribution is -2.22. The summed E-state index contributed by atoms with van der Waals surface area (Å²) < 4.78 is 10.6. The minimum absolute atomic E-state index is 0.242. The van der Waals surface area contributed by atoms with Crippen molar-refractivity contribution in [3.63, 3.8) is 0 Å². The molecule has 1 aliphatic rings. The average molecular weight is 299 g/mol. The van der Waals surface area contributed by atoms with Crippen molar-refractivity contribution in [1.82, 2.24) is 10.6 Å². The number of alkyl carbamates (subject to hydrolysis) is 1. The number of nitrogens with one attached hydrogen (secondary N) is 2. The third-order valence-corrected chi connectivity index (χ3v) is 3.43. The molecule has 0 aliphatic carbocycles. The first-order valence-corrected chi connectivity index (χ1v) is 7.08. The predicted molar refractivity (Wildman–Crippen MR) is 77.3 cm³/mol. The van der Waals surface area contributed by atoms with E-state index < -0.39 is 6.09 Å². The Kier molecular flexibility index (Phi) is 5.09. The third-order valence-electron chi connectivity index (χ3n) is 3.14. The number of amides is 1. The lowest BCUT2D eigenvalue weighted by molar-refractivity contribution is 0.105. The van der Waals surface area contributed by atoms with Crippen molar-refractivity contribution in [2.45, 2.75) is 26.0 Å². The highest BCUT2D eigenvalue weighted by molar-refractivity contribution is 6.32. The van der Waals surface area contributed by atoms with Crippen LogP contribution in [0.3, 0.4) is 0 Å². The van der Waals surface area contributed by atoms with E-state index in [0.717, 1.165) is 12.1 Å². The number of benzene rings is 1. The van der Waals surface area contributed by atoms with Gasteiger partial charge in [0.25, 0.3) is 0 Å². The number of hydrogen-bond acceptors (Lipinski definition) is 4. The van der Waals surface area contributed by atoms with Crippen LogP contribution in [0, 0.1) is 0 Å². The summed E-state index contributed by atoms with van der Waals surface area (Å²) in [5.41, 5.74) is 1.11. The molecule has 2 atom stereocenters. The molecule has 2 rings (SSSR count). The van der Waals surface area contributed by atoms with Gasteiger partial charge in [-0.15, -0.1) is 0 Å². The number of carbonyl (C=O) groups excluding carboxylic acids is 1. The van der Waals surface area contributed by atoms with Crippen molar-refractivity contribution >= 4 is 17.7 Å². The maximum Gasteiger partial charge on any atom is 0.407 e. The van der Waals surface area contributed by atoms with Gasteiger partial charge < -0.3 is 20.1 Å². The monoisotopic (exact) mass is 298 g/mol. The van der Waals surface area contributed by atoms with E-state index in [-0.39, 0.29) is 12.1 Å². The Labute approximate surface area is 123 Å². The maximum absolute atomic E-state index is 10.9. The molecule has 20 heavy (non-hydrogen) atoms. The Morgan fingerprint density at radius 1 is 1.60 bits per heavy atom. The second-order valence-corrected chi connectivity index (χ2v) is 5.10. The normalized spacial score (nSPS) is 19.4. The Hall–Kier alpha value is -1.46. The molecule has 0 saturated carbocycles. The first-order valence-electron chi connectivity index (χ1n) is 6.70. The lowest BCUT2D eigenvalue weighted by Gasteiger charge is -2.15. The summed E-state index contributed by atoms with van der Waals surface area (Å²) in [7, 11) is 0. The van der Waals surface area contributed by atoms with Gasteiger partial charge in [0.15, 0.2) is 6.10 Å². The van der Waals surface area contributed by atoms with Crippen molar-refractivity contribution < 1.29 is 14.3 Å². The summed E-state index contributed by atoms with van der Waals surface area (Å²) >= 11 is 6.21. The number of carbonyl (C=O) groups is 1. The van der Waals surface area contributed by atoms with Crippen LogP contribution in [-0.2, 0) is 4.74 Å². The molecule has 0 spiro atoms. The second kappa shape index (κ2) is 6.81. The molecular formula is C14H19ClN2O3. The van der Waals surface area contributed by atoms with Crippen molar-refractivity contribution in [2.75, 3.05) is 19.7 Å². The van der Waals surface area contributed by atoms with Gasteiger partial charge in [-0.2, -0.15) is 0 Å². The summed E-state index contributed by atoms with van der Waals surface area (Å²) in [6.45, 7) is 5.80. The fourth-order valence-electron chi connectivity index (χ4n) is 2.04. The van der Waals surface area contributed by atoms with E-state index in [1.165, 1.54) is 0 Å². The summed E-state index contributed by atoms with van der Waals surface area (Å²) in [6.07, 6.45) is -0.668. The van der Waals surface area contributed by atoms with E-state index >= 15 is 0 Å². The molecule has 0 aromatic heterocycles. The first kappa shape index (κ1) is 14.9. The molecule has 0 bridgehead atoms. The molecule has 1 heterocycles. The van der Waals surface area contributed by atoms with Gasteiger partial charge in [0, 0.05) is 6.04 Å². The smallest absolute Gasteiger partial charge is 0.407 e. The third kappa shape index (κ3) is 3.77. The van der Waals surface area contributed by atoms with E-state index in [2.05, 4.69) is 24.5 Å². The Balaban J connectivity index is 1.93. The van der Waals surface area contributed by atoms with Crippen LogP contribution in [0.25, 0.3) is 0 Å². The number of rotatable bonds is 6. The molecular weight excluding hydrogens is 280 g/mol. The second-order valence-electron chi connectivity index (χ2n) is 4.69. The van der Waals surface area contributed by atoms with E-state index in [4.69, 9.17) is 21.1 Å². The molecule has 0 radical (unpaired) electrons. The number of halogens is 1. The zero-order valence-electron chi connectivity index (χ0n) is 11.6. The topological polar surface area (TPSA) is 59.6 Å². The Morgan fingerprint density at radius 2 is 2.40 bits per heavy atom. The maximum atomic E-state index is 10.9. The molecule has 1 aliphatic heterocycles. The van der Waals surface area contributed by atoms with E-state index in [1.807, 2.05) is 18.2 Å². The van der Waals surface area contributed by atoms with Crippen LogP contribution >= 0.6 is 11.6 Å². The fraction of sp³-hybridized carbons (Fsp3) is 0.500. The van der Waals surface area contributed by atoms with Crippen LogP contribution < -0.4 is 15.4 Å². The molecule has 1 aromatic rings. The van der Waals surface area contributed by atoms with Crippen LogP contribution in [0.4, 0.5) is 4.79 Å². The molecule has 110 valence electrons. The highest BCUT2D eigenvalue weighted by atomic mass is 35.5. The molecule has 6 heteroatoms. The molecule has 2 unspecified atom stereocenters. The summed E-state index contributed by atoms with van der Waals surface area (Å²) in [6, 6.07) is 5.96. The van der Waals surface area contributed by atoms with E-state index in [9.17, 15) is 4.79 Å². The van der Waals surface area contributed by atoms with Crippen molar-refractivity contribution in [2.24, 2.45) is 0 Å². The van der Waals surface area contributed by atoms with Crippen molar-refractivity contribution in [1.29, 1.82) is 0 Å². The van der Waals surface area contributed by atoms with E-state index in [1.54, 1.807) is 0 Å². The quantitative estimate of drug-likeness (QED) is 0.847. The van der Waals surface area contributed by atoms with Crippen LogP contribution in [0.1, 0.15) is 25.5 Å². The highest BCUT2D eigenvalue weighted by Crippen LogP contribution is 2.28. The highest BCUT2D eigenvalue weighted by Gasteiger charge is 2.23. The predicted octanol–water partition coefficient (Wildman–Crippen LogP) is 2.50. The number of hydrogen-bond donors (Lipinski definition) is 2. The van der Waals surface area contributed by atoms with Gasteiger partial charge in [0.05, 0.1) is 11.6 Å². The van der Waals surface area contributed by atoms with Gasteiger partial charge >= 0.3 is 6.09 Å². The van der Waals surface area contributed by atoms with Gasteiger partial charge in [-0.25, -0.2) is 4.79 Å². The van der Waals surface area contributed by atoms with Gasteiger partial charge in [-0.3, -0.25) is 0 Å². The molecule has 1 aromatic carbocycles. The van der Waals surface area contributed by atoms with Gasteiger partial charge in [0.2, 0.25) is 0 Å². The average Bonchev–Trinajstić information content (AvgIpc) is 2.83. The number of ether oxygens (including phenoxy) is 2. The van der Waals surface area contributed by atoms with Crippen molar-refractivity contribution in [3.05, 3.63) is 28.8 Å². The molecule has 5 nitrogen and oxygen atoms in total. The van der Waals surface area contributed by atoms with Gasteiger partial charge in [-0.05, 0) is 31.2 Å². The summed E-state index contributed by atoms with van der Waals surface area (Å²) in [4.78, 5) is 10.9. The zero-order valence-corrected chi connectivity index (χ0v) is 12.4. The molecule has 2 N–H and O–H groups in total. The lowest BCUT2D eigenvalue weighted by atomic mass is 10.1. The van der Waals surface area contributed by atoms with Gasteiger partial charge in [0.1, 0.15) is 12.4 Å². The Morgan fingerprint density at radius 3 is 3.00 bits per heavy atom. The molecule has 1 amide bonds. The summed E-state index contributed by atoms with van der Waals surface area (Å²) in [5, 5.41) is 6.46. The first-order chi connectivity index (χ1) is 9.60. The summed E-state index contributed by atoms with van der Waals surface area (Å²) in [5.74, 6) is 0.599. The zero-order chi connectivity index (χ0) is 14.5. The SMILES string of the molecule is CCNC(C)c1ccc(OCC2CNC(=O)O2)c(Cl)c1. The number of cyclic esters (lactones) is 1. The Bertz CT molecular complexity index is 481. The van der Waals surface area contributed by atoms with E-state index in [0.29, 0.717) is 23.9 Å². The minimum atomic E-state index is -0.403. The van der Waals surface area contributed by atoms with Crippen LogP contribution in [-0.4, -0.2) is 31.9 Å². The standard InChI is InChI=1S/C14H19ClN2O3/c1-3-16-9(2)10-4-5-13(12(15)6-10)19-8-11-7-17-14(18)20-11/h4-6,9,11,16H,3,7-8H2,1-2H3,(H,17,18). The van der Waals surface area contributed by atoms with Crippen LogP contribution in [0.15, 0.2) is 18.2 Å². The van der Waals surface area contributed by atoms with Crippen molar-refractivity contribution in [3.8, 4) is 5.75 Å². The largest absolute Gasteiger partial charge is 0.488 e. The molecule has 1 fully saturated rings. The minimum Gasteiger partial charge on any atom is -0.488 e. The molecule has 1 saturated heterocycles. The van der Waals surface area contributed by atoms with Gasteiger partial charge in [-0.1, -0.05) is 24.6 Å². The van der Waals surface area contributed by atoms with Crippen LogP contribution in [0.2, 0.25) is 5.02 Å². The fourth-order valence-corrected chi connectivity index (χ4v) is 2.28.